The molecule has 0 aliphatic carbocycles. The van der Waals surface area contributed by atoms with Crippen LogP contribution in [0.2, 0.25) is 0 Å². The number of hydrogen-bond donors (Lipinski definition) is 2. The fraction of sp³-hybridized carbons (Fsp3) is 0.500. The predicted molar refractivity (Wildman–Crippen MR) is 70.7 cm³/mol. The highest BCUT2D eigenvalue weighted by molar-refractivity contribution is 5.73. The monoisotopic (exact) mass is 248 g/mol. The van der Waals surface area contributed by atoms with E-state index in [2.05, 4.69) is 22.8 Å². The van der Waals surface area contributed by atoms with Crippen molar-refractivity contribution in [2.24, 2.45) is 0 Å². The molecule has 0 saturated carbocycles. The predicted octanol–water partition coefficient (Wildman–Crippen LogP) is 1.10. The van der Waals surface area contributed by atoms with Crippen LogP contribution in [0.15, 0.2) is 24.3 Å². The normalized spacial score (nSPS) is 16.8. The highest BCUT2D eigenvalue weighted by Crippen LogP contribution is 2.16. The molecule has 1 saturated heterocycles. The molecule has 0 unspecified atom stereocenters. The largest absolute Gasteiger partial charge is 0.488 e. The molecule has 1 fully saturated rings. The Balaban J connectivity index is 1.84. The zero-order valence-corrected chi connectivity index (χ0v) is 10.9. The third-order valence-electron chi connectivity index (χ3n) is 2.96. The molecule has 1 atom stereocenters. The quantitative estimate of drug-likeness (QED) is 0.820. The molecule has 2 N–H and O–H groups in total. The van der Waals surface area contributed by atoms with E-state index >= 15 is 0 Å². The lowest BCUT2D eigenvalue weighted by Crippen LogP contribution is -2.50. The fourth-order valence-corrected chi connectivity index (χ4v) is 1.99. The van der Waals surface area contributed by atoms with Gasteiger partial charge < -0.3 is 15.4 Å². The van der Waals surface area contributed by atoms with E-state index in [1.54, 1.807) is 6.92 Å². The maximum atomic E-state index is 10.9. The summed E-state index contributed by atoms with van der Waals surface area (Å²) in [6.07, 6.45) is 1.15. The second-order valence-electron chi connectivity index (χ2n) is 4.85. The van der Waals surface area contributed by atoms with Crippen molar-refractivity contribution >= 4 is 5.91 Å². The third-order valence-corrected chi connectivity index (χ3v) is 2.96. The number of amides is 1. The van der Waals surface area contributed by atoms with Crippen LogP contribution in [0.5, 0.6) is 5.75 Å². The highest BCUT2D eigenvalue weighted by Gasteiger charge is 2.17. The number of ether oxygens (including phenoxy) is 1. The van der Waals surface area contributed by atoms with Crippen LogP contribution < -0.4 is 15.4 Å². The Bertz CT molecular complexity index is 399. The van der Waals surface area contributed by atoms with Gasteiger partial charge in [-0.15, -0.1) is 0 Å². The number of hydrogen-bond acceptors (Lipinski definition) is 3. The first-order valence-corrected chi connectivity index (χ1v) is 6.37. The molecule has 0 spiro atoms. The maximum Gasteiger partial charge on any atom is 0.217 e. The van der Waals surface area contributed by atoms with Crippen LogP contribution in [-0.2, 0) is 11.2 Å². The molecule has 1 aliphatic rings. The average molecular weight is 248 g/mol. The third kappa shape index (κ3) is 3.74. The lowest BCUT2D eigenvalue weighted by atomic mass is 10.1. The van der Waals surface area contributed by atoms with Crippen molar-refractivity contribution < 1.29 is 9.53 Å². The second-order valence-corrected chi connectivity index (χ2v) is 4.85. The van der Waals surface area contributed by atoms with Crippen molar-refractivity contribution in [1.29, 1.82) is 0 Å². The van der Waals surface area contributed by atoms with Gasteiger partial charge in [-0.3, -0.25) is 4.79 Å². The molecule has 1 amide bonds. The number of rotatable bonds is 5. The van der Waals surface area contributed by atoms with E-state index in [1.807, 2.05) is 19.1 Å². The Morgan fingerprint density at radius 2 is 2.11 bits per heavy atom. The van der Waals surface area contributed by atoms with Gasteiger partial charge in [-0.05, 0) is 31.0 Å². The van der Waals surface area contributed by atoms with Crippen LogP contribution in [0, 0.1) is 0 Å². The zero-order valence-electron chi connectivity index (χ0n) is 10.9. The summed E-state index contributed by atoms with van der Waals surface area (Å²) in [7, 11) is 0. The molecule has 1 aromatic rings. The number of carbonyl (C=O) groups is 1. The first-order valence-electron chi connectivity index (χ1n) is 6.37. The number of carbonyl (C=O) groups excluding carboxylic acids is 1. The van der Waals surface area contributed by atoms with Crippen molar-refractivity contribution in [3.8, 4) is 5.75 Å². The number of benzene rings is 1. The molecular weight excluding hydrogens is 228 g/mol. The van der Waals surface area contributed by atoms with Gasteiger partial charge in [-0.1, -0.05) is 12.1 Å². The van der Waals surface area contributed by atoms with E-state index in [4.69, 9.17) is 4.74 Å². The molecule has 98 valence electrons. The zero-order chi connectivity index (χ0) is 13.0. The van der Waals surface area contributed by atoms with E-state index in [1.165, 1.54) is 5.56 Å². The number of nitrogens with one attached hydrogen (secondary N) is 2. The van der Waals surface area contributed by atoms with Crippen molar-refractivity contribution in [1.82, 2.24) is 10.6 Å². The van der Waals surface area contributed by atoms with Crippen LogP contribution in [-0.4, -0.2) is 31.1 Å². The van der Waals surface area contributed by atoms with E-state index < -0.39 is 0 Å². The topological polar surface area (TPSA) is 50.4 Å². The van der Waals surface area contributed by atoms with Gasteiger partial charge in [-0.25, -0.2) is 0 Å². The van der Waals surface area contributed by atoms with Gasteiger partial charge in [0.25, 0.3) is 0 Å². The molecule has 0 bridgehead atoms. The van der Waals surface area contributed by atoms with Crippen LogP contribution in [0.3, 0.4) is 0 Å². The summed E-state index contributed by atoms with van der Waals surface area (Å²) in [4.78, 5) is 10.9. The molecule has 4 heteroatoms. The molecule has 1 heterocycles. The molecular formula is C14H20N2O2. The van der Waals surface area contributed by atoms with Crippen molar-refractivity contribution in [2.45, 2.75) is 32.4 Å². The minimum Gasteiger partial charge on any atom is -0.488 e. The Hall–Kier alpha value is -1.55. The Morgan fingerprint density at radius 3 is 2.61 bits per heavy atom. The van der Waals surface area contributed by atoms with Gasteiger partial charge in [0.2, 0.25) is 5.91 Å². The first kappa shape index (κ1) is 12.9. The van der Waals surface area contributed by atoms with Gasteiger partial charge in [0.05, 0.1) is 0 Å². The lowest BCUT2D eigenvalue weighted by molar-refractivity contribution is -0.119. The van der Waals surface area contributed by atoms with Crippen LogP contribution in [0.4, 0.5) is 0 Å². The fourth-order valence-electron chi connectivity index (χ4n) is 1.99. The molecule has 1 aliphatic heterocycles. The van der Waals surface area contributed by atoms with Crippen molar-refractivity contribution in [2.75, 3.05) is 13.1 Å². The van der Waals surface area contributed by atoms with Gasteiger partial charge >= 0.3 is 0 Å². The van der Waals surface area contributed by atoms with Gasteiger partial charge in [0.1, 0.15) is 11.9 Å². The van der Waals surface area contributed by atoms with Gasteiger partial charge in [0.15, 0.2) is 0 Å². The Morgan fingerprint density at radius 1 is 1.44 bits per heavy atom. The Kier molecular flexibility index (Phi) is 4.20. The minimum absolute atomic E-state index is 0.0138. The minimum atomic E-state index is 0.0138. The Labute approximate surface area is 108 Å². The van der Waals surface area contributed by atoms with E-state index in [-0.39, 0.29) is 11.9 Å². The average Bonchev–Trinajstić information content (AvgIpc) is 2.24. The summed E-state index contributed by atoms with van der Waals surface area (Å²) in [5.74, 6) is 0.928. The molecule has 2 rings (SSSR count). The van der Waals surface area contributed by atoms with Crippen molar-refractivity contribution in [3.05, 3.63) is 29.8 Å². The SMILES string of the molecule is CC(=O)N[C@H](C)Cc1ccc(OC2CNC2)cc1. The smallest absolute Gasteiger partial charge is 0.217 e. The summed E-state index contributed by atoms with van der Waals surface area (Å²) in [5.41, 5.74) is 1.20. The molecule has 1 aromatic carbocycles. The van der Waals surface area contributed by atoms with Crippen molar-refractivity contribution in [3.63, 3.8) is 0 Å². The molecule has 0 aromatic heterocycles. The van der Waals surface area contributed by atoms with Crippen LogP contribution >= 0.6 is 0 Å². The van der Waals surface area contributed by atoms with E-state index in [0.29, 0.717) is 6.10 Å². The summed E-state index contributed by atoms with van der Waals surface area (Å²) in [6.45, 7) is 5.41. The highest BCUT2D eigenvalue weighted by atomic mass is 16.5. The second kappa shape index (κ2) is 5.87. The first-order chi connectivity index (χ1) is 8.63. The summed E-state index contributed by atoms with van der Waals surface area (Å²) < 4.78 is 5.74. The summed E-state index contributed by atoms with van der Waals surface area (Å²) >= 11 is 0. The molecule has 0 radical (unpaired) electrons. The molecule has 4 nitrogen and oxygen atoms in total. The van der Waals surface area contributed by atoms with E-state index in [0.717, 1.165) is 25.3 Å². The summed E-state index contributed by atoms with van der Waals surface area (Å²) in [5, 5.41) is 6.05. The lowest BCUT2D eigenvalue weighted by Gasteiger charge is -2.27. The standard InChI is InChI=1S/C14H20N2O2/c1-10(16-11(2)17)7-12-3-5-13(6-4-12)18-14-8-15-9-14/h3-6,10,14-15H,7-9H2,1-2H3,(H,16,17)/t10-/m1/s1. The van der Waals surface area contributed by atoms with Gasteiger partial charge in [-0.2, -0.15) is 0 Å². The summed E-state index contributed by atoms with van der Waals surface area (Å²) in [6, 6.07) is 8.26. The van der Waals surface area contributed by atoms with Crippen LogP contribution in [0.25, 0.3) is 0 Å². The molecule has 18 heavy (non-hydrogen) atoms. The van der Waals surface area contributed by atoms with Crippen LogP contribution in [0.1, 0.15) is 19.4 Å². The van der Waals surface area contributed by atoms with E-state index in [9.17, 15) is 4.79 Å². The maximum absolute atomic E-state index is 10.9. The van der Waals surface area contributed by atoms with Gasteiger partial charge in [0, 0.05) is 26.1 Å².